The number of nitrogens with one attached hydrogen (secondary N) is 1. The highest BCUT2D eigenvalue weighted by Gasteiger charge is 2.09. The molecular weight excluding hydrogens is 204 g/mol. The summed E-state index contributed by atoms with van der Waals surface area (Å²) in [6.45, 7) is 1.82. The Kier molecular flexibility index (Phi) is 2.56. The summed E-state index contributed by atoms with van der Waals surface area (Å²) in [4.78, 5) is 11.6. The first-order valence-electron chi connectivity index (χ1n) is 5.03. The fraction of sp³-hybridized carbons (Fsp3) is 0.250. The molecule has 0 fully saturated rings. The van der Waals surface area contributed by atoms with Crippen molar-refractivity contribution in [1.29, 1.82) is 0 Å². The molecule has 0 saturated heterocycles. The second kappa shape index (κ2) is 3.89. The van der Waals surface area contributed by atoms with Gasteiger partial charge >= 0.3 is 0 Å². The number of benzene rings is 1. The first-order valence-corrected chi connectivity index (χ1v) is 5.03. The number of H-pyrrole nitrogens is 1. The predicted octanol–water partition coefficient (Wildman–Crippen LogP) is 1.70. The van der Waals surface area contributed by atoms with E-state index < -0.39 is 0 Å². The monoisotopic (exact) mass is 218 g/mol. The SMILES string of the molecule is COc1ccc(-c2[nH]n(C)c(=O)c2C)cc1. The van der Waals surface area contributed by atoms with Crippen molar-refractivity contribution in [2.75, 3.05) is 7.11 Å². The van der Waals surface area contributed by atoms with Crippen LogP contribution < -0.4 is 10.3 Å². The third-order valence-electron chi connectivity index (χ3n) is 2.66. The number of hydrogen-bond donors (Lipinski definition) is 1. The quantitative estimate of drug-likeness (QED) is 0.833. The molecule has 0 radical (unpaired) electrons. The highest BCUT2D eigenvalue weighted by molar-refractivity contribution is 5.63. The number of aromatic nitrogens is 2. The first-order chi connectivity index (χ1) is 7.63. The van der Waals surface area contributed by atoms with Crippen molar-refractivity contribution < 1.29 is 4.74 Å². The maximum atomic E-state index is 11.6. The van der Waals surface area contributed by atoms with Crippen LogP contribution in [0.4, 0.5) is 0 Å². The molecule has 2 rings (SSSR count). The van der Waals surface area contributed by atoms with Gasteiger partial charge < -0.3 is 4.74 Å². The fourth-order valence-electron chi connectivity index (χ4n) is 1.70. The van der Waals surface area contributed by atoms with Gasteiger partial charge in [-0.3, -0.25) is 14.6 Å². The summed E-state index contributed by atoms with van der Waals surface area (Å²) >= 11 is 0. The van der Waals surface area contributed by atoms with Crippen molar-refractivity contribution in [3.8, 4) is 17.0 Å². The van der Waals surface area contributed by atoms with E-state index in [-0.39, 0.29) is 5.56 Å². The summed E-state index contributed by atoms with van der Waals surface area (Å²) in [5, 5.41) is 3.03. The van der Waals surface area contributed by atoms with Crippen LogP contribution in [0, 0.1) is 6.92 Å². The number of rotatable bonds is 2. The lowest BCUT2D eigenvalue weighted by atomic mass is 10.1. The predicted molar refractivity (Wildman–Crippen MR) is 62.8 cm³/mol. The van der Waals surface area contributed by atoms with E-state index in [9.17, 15) is 4.79 Å². The number of aryl methyl sites for hydroxylation is 1. The summed E-state index contributed by atoms with van der Waals surface area (Å²) < 4.78 is 6.57. The van der Waals surface area contributed by atoms with E-state index in [2.05, 4.69) is 5.10 Å². The van der Waals surface area contributed by atoms with Crippen LogP contribution in [-0.2, 0) is 7.05 Å². The van der Waals surface area contributed by atoms with Gasteiger partial charge in [-0.05, 0) is 31.2 Å². The number of ether oxygens (including phenoxy) is 1. The molecule has 0 unspecified atom stereocenters. The van der Waals surface area contributed by atoms with Crippen LogP contribution in [0.25, 0.3) is 11.3 Å². The Labute approximate surface area is 93.5 Å². The van der Waals surface area contributed by atoms with Gasteiger partial charge in [0.05, 0.1) is 12.8 Å². The lowest BCUT2D eigenvalue weighted by molar-refractivity contribution is 0.415. The minimum Gasteiger partial charge on any atom is -0.497 e. The minimum absolute atomic E-state index is 0.00539. The van der Waals surface area contributed by atoms with Gasteiger partial charge in [0.15, 0.2) is 0 Å². The van der Waals surface area contributed by atoms with Crippen LogP contribution in [0.15, 0.2) is 29.1 Å². The van der Waals surface area contributed by atoms with Gasteiger partial charge in [-0.15, -0.1) is 0 Å². The number of aromatic amines is 1. The Morgan fingerprint density at radius 2 is 1.88 bits per heavy atom. The zero-order chi connectivity index (χ0) is 11.7. The second-order valence-corrected chi connectivity index (χ2v) is 3.70. The molecule has 0 atom stereocenters. The van der Waals surface area contributed by atoms with Crippen molar-refractivity contribution in [3.63, 3.8) is 0 Å². The van der Waals surface area contributed by atoms with Crippen LogP contribution in [0.3, 0.4) is 0 Å². The normalized spacial score (nSPS) is 10.4. The average Bonchev–Trinajstić information content (AvgIpc) is 2.57. The lowest BCUT2D eigenvalue weighted by Crippen LogP contribution is -2.12. The van der Waals surface area contributed by atoms with E-state index in [0.717, 1.165) is 22.6 Å². The second-order valence-electron chi connectivity index (χ2n) is 3.70. The molecule has 0 aliphatic rings. The number of nitrogens with zero attached hydrogens (tertiary/aromatic N) is 1. The standard InChI is InChI=1S/C12H14N2O2/c1-8-11(13-14(2)12(8)15)9-4-6-10(16-3)7-5-9/h4-7,13H,1-3H3. The van der Waals surface area contributed by atoms with E-state index in [0.29, 0.717) is 0 Å². The molecule has 0 saturated carbocycles. The van der Waals surface area contributed by atoms with Crippen LogP contribution >= 0.6 is 0 Å². The third kappa shape index (κ3) is 1.62. The van der Waals surface area contributed by atoms with Gasteiger partial charge in [-0.25, -0.2) is 0 Å². The van der Waals surface area contributed by atoms with E-state index in [1.54, 1.807) is 14.2 Å². The maximum absolute atomic E-state index is 11.6. The number of methoxy groups -OCH3 is 1. The zero-order valence-electron chi connectivity index (χ0n) is 9.57. The molecule has 0 aliphatic carbocycles. The molecule has 4 nitrogen and oxygen atoms in total. The van der Waals surface area contributed by atoms with Gasteiger partial charge in [0.25, 0.3) is 5.56 Å². The molecular formula is C12H14N2O2. The van der Waals surface area contributed by atoms with Gasteiger partial charge in [0.1, 0.15) is 5.75 Å². The molecule has 0 bridgehead atoms. The van der Waals surface area contributed by atoms with E-state index >= 15 is 0 Å². The Balaban J connectivity index is 2.50. The Hall–Kier alpha value is -1.97. The Bertz CT molecular complexity index is 549. The Morgan fingerprint density at radius 1 is 1.25 bits per heavy atom. The Morgan fingerprint density at radius 3 is 2.31 bits per heavy atom. The molecule has 0 amide bonds. The van der Waals surface area contributed by atoms with Crippen molar-refractivity contribution in [3.05, 3.63) is 40.2 Å². The van der Waals surface area contributed by atoms with Gasteiger partial charge in [-0.1, -0.05) is 0 Å². The van der Waals surface area contributed by atoms with Crippen LogP contribution in [0.2, 0.25) is 0 Å². The summed E-state index contributed by atoms with van der Waals surface area (Å²) in [6, 6.07) is 7.61. The van der Waals surface area contributed by atoms with Gasteiger partial charge in [0, 0.05) is 18.2 Å². The molecule has 1 aromatic heterocycles. The average molecular weight is 218 g/mol. The molecule has 2 aromatic rings. The summed E-state index contributed by atoms with van der Waals surface area (Å²) in [7, 11) is 3.34. The molecule has 16 heavy (non-hydrogen) atoms. The highest BCUT2D eigenvalue weighted by Crippen LogP contribution is 2.21. The minimum atomic E-state index is 0.00539. The van der Waals surface area contributed by atoms with Crippen molar-refractivity contribution in [2.24, 2.45) is 7.05 Å². The smallest absolute Gasteiger partial charge is 0.269 e. The lowest BCUT2D eigenvalue weighted by Gasteiger charge is -2.02. The largest absolute Gasteiger partial charge is 0.497 e. The molecule has 1 heterocycles. The van der Waals surface area contributed by atoms with Gasteiger partial charge in [-0.2, -0.15) is 0 Å². The van der Waals surface area contributed by atoms with Crippen LogP contribution in [-0.4, -0.2) is 16.9 Å². The van der Waals surface area contributed by atoms with Crippen molar-refractivity contribution in [2.45, 2.75) is 6.92 Å². The molecule has 0 aliphatic heterocycles. The van der Waals surface area contributed by atoms with Gasteiger partial charge in [0.2, 0.25) is 0 Å². The summed E-state index contributed by atoms with van der Waals surface area (Å²) in [6.07, 6.45) is 0. The van der Waals surface area contributed by atoms with Crippen molar-refractivity contribution in [1.82, 2.24) is 9.78 Å². The van der Waals surface area contributed by atoms with Crippen molar-refractivity contribution >= 4 is 0 Å². The van der Waals surface area contributed by atoms with Crippen LogP contribution in [0.1, 0.15) is 5.56 Å². The van der Waals surface area contributed by atoms with E-state index in [1.807, 2.05) is 31.2 Å². The first kappa shape index (κ1) is 10.5. The molecule has 84 valence electrons. The summed E-state index contributed by atoms with van der Waals surface area (Å²) in [5.74, 6) is 0.805. The third-order valence-corrected chi connectivity index (χ3v) is 2.66. The molecule has 0 spiro atoms. The van der Waals surface area contributed by atoms with Crippen LogP contribution in [0.5, 0.6) is 5.75 Å². The maximum Gasteiger partial charge on any atom is 0.269 e. The fourth-order valence-corrected chi connectivity index (χ4v) is 1.70. The molecule has 1 N–H and O–H groups in total. The highest BCUT2D eigenvalue weighted by atomic mass is 16.5. The molecule has 4 heteroatoms. The molecule has 1 aromatic carbocycles. The number of hydrogen-bond acceptors (Lipinski definition) is 2. The topological polar surface area (TPSA) is 47.0 Å². The zero-order valence-corrected chi connectivity index (χ0v) is 9.57. The van der Waals surface area contributed by atoms with E-state index in [1.165, 1.54) is 4.68 Å². The summed E-state index contributed by atoms with van der Waals surface area (Å²) in [5.41, 5.74) is 2.57. The van der Waals surface area contributed by atoms with E-state index in [4.69, 9.17) is 4.74 Å².